The molecule has 2 fully saturated rings. The Morgan fingerprint density at radius 2 is 1.09 bits per heavy atom. The molecule has 0 amide bonds. The van der Waals surface area contributed by atoms with E-state index in [1.54, 1.807) is 11.1 Å². The van der Waals surface area contributed by atoms with E-state index in [1.807, 2.05) is 0 Å². The molecule has 0 radical (unpaired) electrons. The number of anilines is 3. The Balaban J connectivity index is 1.08. The van der Waals surface area contributed by atoms with Gasteiger partial charge in [-0.25, -0.2) is 0 Å². The van der Waals surface area contributed by atoms with Crippen molar-refractivity contribution >= 4 is 17.1 Å². The molecule has 11 rings (SSSR count). The van der Waals surface area contributed by atoms with Crippen LogP contribution in [0.2, 0.25) is 0 Å². The molecule has 0 heterocycles. The van der Waals surface area contributed by atoms with E-state index in [-0.39, 0.29) is 16.2 Å². The highest BCUT2D eigenvalue weighted by Crippen LogP contribution is 2.66. The van der Waals surface area contributed by atoms with Gasteiger partial charge in [0.05, 0.1) is 5.69 Å². The predicted octanol–water partition coefficient (Wildman–Crippen LogP) is 15.2. The zero-order valence-electron chi connectivity index (χ0n) is 33.9. The lowest BCUT2D eigenvalue weighted by molar-refractivity contribution is 0.327. The molecule has 0 aromatic heterocycles. The largest absolute Gasteiger partial charge is 0.310 e. The smallest absolute Gasteiger partial charge is 0.0540 e. The van der Waals surface area contributed by atoms with Crippen LogP contribution in [0.3, 0.4) is 0 Å². The highest BCUT2D eigenvalue weighted by Gasteiger charge is 2.56. The van der Waals surface area contributed by atoms with E-state index < -0.39 is 0 Å². The summed E-state index contributed by atoms with van der Waals surface area (Å²) in [4.78, 5) is 2.54. The number of benzene rings is 7. The molecule has 57 heavy (non-hydrogen) atoms. The molecule has 0 aliphatic heterocycles. The average molecular weight is 738 g/mol. The normalized spacial score (nSPS) is 20.6. The maximum atomic E-state index is 2.59. The van der Waals surface area contributed by atoms with Crippen LogP contribution >= 0.6 is 0 Å². The van der Waals surface area contributed by atoms with Gasteiger partial charge in [-0.1, -0.05) is 168 Å². The van der Waals surface area contributed by atoms with E-state index in [0.717, 1.165) is 5.92 Å². The molecule has 0 saturated heterocycles. The summed E-state index contributed by atoms with van der Waals surface area (Å²) in [5, 5.41) is 0. The molecule has 1 heteroatoms. The summed E-state index contributed by atoms with van der Waals surface area (Å²) in [6, 6.07) is 60.3. The van der Waals surface area contributed by atoms with Crippen LogP contribution < -0.4 is 4.90 Å². The maximum absolute atomic E-state index is 2.59. The van der Waals surface area contributed by atoms with Crippen LogP contribution in [0.4, 0.5) is 17.1 Å². The Kier molecular flexibility index (Phi) is 7.53. The van der Waals surface area contributed by atoms with Crippen molar-refractivity contribution in [1.82, 2.24) is 0 Å². The quantitative estimate of drug-likeness (QED) is 0.170. The van der Waals surface area contributed by atoms with Crippen LogP contribution in [0.25, 0.3) is 44.5 Å². The topological polar surface area (TPSA) is 3.24 Å². The summed E-state index contributed by atoms with van der Waals surface area (Å²) in [5.41, 5.74) is 21.7. The second-order valence-electron chi connectivity index (χ2n) is 19.0. The number of hydrogen-bond acceptors (Lipinski definition) is 1. The summed E-state index contributed by atoms with van der Waals surface area (Å²) in [5.74, 6) is 1.54. The van der Waals surface area contributed by atoms with Crippen LogP contribution in [0.15, 0.2) is 158 Å². The van der Waals surface area contributed by atoms with E-state index in [1.165, 1.54) is 104 Å². The number of para-hydroxylation sites is 1. The van der Waals surface area contributed by atoms with Gasteiger partial charge in [-0.2, -0.15) is 0 Å². The molecular weight excluding hydrogens is 687 g/mol. The SMILES string of the molecule is CC(C)(C)c1ccc(-c2ccccc2N(c2ccc(-c3cccc4c3C(C)(C)c3ccccc3-4)cc2)c2ccc3c(c2)C2(CC4CCC2C4)c2ccccc2-3)cc1. The van der Waals surface area contributed by atoms with Gasteiger partial charge in [-0.15, -0.1) is 0 Å². The highest BCUT2D eigenvalue weighted by atomic mass is 15.1. The molecule has 7 aromatic carbocycles. The molecule has 0 N–H and O–H groups in total. The predicted molar refractivity (Wildman–Crippen MR) is 240 cm³/mol. The van der Waals surface area contributed by atoms with Crippen molar-refractivity contribution in [2.45, 2.75) is 76.5 Å². The van der Waals surface area contributed by atoms with Crippen molar-refractivity contribution in [2.75, 3.05) is 4.90 Å². The van der Waals surface area contributed by atoms with Crippen molar-refractivity contribution in [3.8, 4) is 44.5 Å². The first-order valence-corrected chi connectivity index (χ1v) is 21.2. The van der Waals surface area contributed by atoms with Gasteiger partial charge in [0, 0.05) is 27.8 Å². The minimum absolute atomic E-state index is 0.0770. The monoisotopic (exact) mass is 737 g/mol. The lowest BCUT2D eigenvalue weighted by Crippen LogP contribution is -2.32. The molecule has 2 bridgehead atoms. The van der Waals surface area contributed by atoms with Crippen LogP contribution in [0, 0.1) is 11.8 Å². The summed E-state index contributed by atoms with van der Waals surface area (Å²) in [6.07, 6.45) is 5.36. The van der Waals surface area contributed by atoms with Gasteiger partial charge in [0.1, 0.15) is 0 Å². The maximum Gasteiger partial charge on any atom is 0.0540 e. The molecule has 1 spiro atoms. The number of fused-ring (bicyclic) bond motifs is 11. The van der Waals surface area contributed by atoms with Crippen LogP contribution in [0.5, 0.6) is 0 Å². The van der Waals surface area contributed by atoms with Crippen LogP contribution in [-0.2, 0) is 16.2 Å². The third kappa shape index (κ3) is 5.07. The lowest BCUT2D eigenvalue weighted by Gasteiger charge is -2.37. The standard InChI is InChI=1S/C56H51N/c1-54(2,3)39-27-22-37(23-28-39)43-13-8-11-20-52(43)57(42-31-32-47-45-14-7-10-19-50(45)56(51(47)34-42)35-36-21-26-40(56)33-36)41-29-24-38(25-30-41)44-16-12-17-48-46-15-6-9-18-49(46)55(4,5)53(44)48/h6-20,22-25,27-32,34,36,40H,21,26,33,35H2,1-5H3. The second-order valence-corrected chi connectivity index (χ2v) is 19.0. The fourth-order valence-electron chi connectivity index (χ4n) is 11.9. The minimum atomic E-state index is -0.0770. The van der Waals surface area contributed by atoms with Crippen molar-refractivity contribution in [3.63, 3.8) is 0 Å². The molecule has 3 atom stereocenters. The summed E-state index contributed by atoms with van der Waals surface area (Å²) >= 11 is 0. The van der Waals surface area contributed by atoms with Crippen molar-refractivity contribution in [1.29, 1.82) is 0 Å². The summed E-state index contributed by atoms with van der Waals surface area (Å²) in [6.45, 7) is 11.6. The molecular formula is C56H51N. The summed E-state index contributed by atoms with van der Waals surface area (Å²) < 4.78 is 0. The Morgan fingerprint density at radius 1 is 0.509 bits per heavy atom. The zero-order chi connectivity index (χ0) is 38.7. The minimum Gasteiger partial charge on any atom is -0.310 e. The van der Waals surface area contributed by atoms with E-state index in [4.69, 9.17) is 0 Å². The Hall–Kier alpha value is -5.66. The average Bonchev–Trinajstić information content (AvgIpc) is 3.98. The van der Waals surface area contributed by atoms with Gasteiger partial charge < -0.3 is 4.90 Å². The highest BCUT2D eigenvalue weighted by molar-refractivity contribution is 5.92. The van der Waals surface area contributed by atoms with Gasteiger partial charge in [0.2, 0.25) is 0 Å². The third-order valence-electron chi connectivity index (χ3n) is 14.5. The summed E-state index contributed by atoms with van der Waals surface area (Å²) in [7, 11) is 0. The number of rotatable bonds is 5. The van der Waals surface area contributed by atoms with E-state index >= 15 is 0 Å². The van der Waals surface area contributed by atoms with Gasteiger partial charge >= 0.3 is 0 Å². The van der Waals surface area contributed by atoms with E-state index in [9.17, 15) is 0 Å². The molecule has 4 aliphatic rings. The van der Waals surface area contributed by atoms with Gasteiger partial charge in [0.25, 0.3) is 0 Å². The molecule has 7 aromatic rings. The van der Waals surface area contributed by atoms with Gasteiger partial charge in [-0.3, -0.25) is 0 Å². The molecule has 4 aliphatic carbocycles. The van der Waals surface area contributed by atoms with Crippen LogP contribution in [-0.4, -0.2) is 0 Å². The number of nitrogens with zero attached hydrogens (tertiary/aromatic N) is 1. The first-order valence-electron chi connectivity index (χ1n) is 21.2. The lowest BCUT2D eigenvalue weighted by atomic mass is 9.67. The molecule has 1 nitrogen and oxygen atoms in total. The van der Waals surface area contributed by atoms with Crippen molar-refractivity contribution in [2.24, 2.45) is 11.8 Å². The molecule has 2 saturated carbocycles. The molecule has 280 valence electrons. The fourth-order valence-corrected chi connectivity index (χ4v) is 11.9. The molecule has 3 unspecified atom stereocenters. The van der Waals surface area contributed by atoms with Gasteiger partial charge in [-0.05, 0) is 134 Å². The Labute approximate surface area is 339 Å². The van der Waals surface area contributed by atoms with E-state index in [0.29, 0.717) is 5.92 Å². The Bertz CT molecular complexity index is 2710. The third-order valence-corrected chi connectivity index (χ3v) is 14.5. The van der Waals surface area contributed by atoms with Crippen molar-refractivity contribution < 1.29 is 0 Å². The first-order chi connectivity index (χ1) is 27.6. The fraction of sp³-hybridized carbons (Fsp3) is 0.250. The van der Waals surface area contributed by atoms with E-state index in [2.05, 4.69) is 197 Å². The second kappa shape index (κ2) is 12.4. The van der Waals surface area contributed by atoms with Crippen molar-refractivity contribution in [3.05, 3.63) is 186 Å². The zero-order valence-corrected chi connectivity index (χ0v) is 33.9. The van der Waals surface area contributed by atoms with Crippen LogP contribution in [0.1, 0.15) is 88.1 Å². The number of hydrogen-bond donors (Lipinski definition) is 0. The first kappa shape index (κ1) is 34.6. The Morgan fingerprint density at radius 3 is 1.79 bits per heavy atom. The van der Waals surface area contributed by atoms with Gasteiger partial charge in [0.15, 0.2) is 0 Å².